The normalized spacial score (nSPS) is 11.4. The summed E-state index contributed by atoms with van der Waals surface area (Å²) in [5.74, 6) is 0. The third kappa shape index (κ3) is 6.54. The summed E-state index contributed by atoms with van der Waals surface area (Å²) >= 11 is 0. The highest BCUT2D eigenvalue weighted by molar-refractivity contribution is 7.92. The minimum Gasteiger partial charge on any atom is -0.280 e. The van der Waals surface area contributed by atoms with Gasteiger partial charge >= 0.3 is 0 Å². The molecular weight excluding hydrogens is 330 g/mol. The number of sulfonamides is 1. The smallest absolute Gasteiger partial charge is 0.261 e. The van der Waals surface area contributed by atoms with E-state index in [0.717, 1.165) is 18.4 Å². The molecule has 0 spiro atoms. The summed E-state index contributed by atoms with van der Waals surface area (Å²) in [7, 11) is -3.53. The standard InChI is InChI=1S/C21H29NO2S/c1-3-4-5-6-7-8-10-19-11-9-12-20(17-19)22-25(23,24)21-15-13-18(2)14-16-21/h9,11-17,22H,3-8,10H2,1-2H3. The Kier molecular flexibility index (Phi) is 7.51. The Labute approximate surface area is 152 Å². The molecule has 2 rings (SSSR count). The van der Waals surface area contributed by atoms with Crippen LogP contribution in [0.4, 0.5) is 5.69 Å². The zero-order valence-corrected chi connectivity index (χ0v) is 16.1. The largest absolute Gasteiger partial charge is 0.280 e. The lowest BCUT2D eigenvalue weighted by molar-refractivity contribution is 0.601. The van der Waals surface area contributed by atoms with Crippen molar-refractivity contribution in [2.45, 2.75) is 63.7 Å². The van der Waals surface area contributed by atoms with Gasteiger partial charge in [-0.3, -0.25) is 4.72 Å². The van der Waals surface area contributed by atoms with E-state index in [4.69, 9.17) is 0 Å². The first kappa shape index (κ1) is 19.5. The van der Waals surface area contributed by atoms with Crippen LogP contribution in [0, 0.1) is 6.92 Å². The van der Waals surface area contributed by atoms with Crippen LogP contribution >= 0.6 is 0 Å². The Morgan fingerprint density at radius 1 is 0.880 bits per heavy atom. The van der Waals surface area contributed by atoms with E-state index in [0.29, 0.717) is 10.6 Å². The van der Waals surface area contributed by atoms with E-state index in [9.17, 15) is 8.42 Å². The van der Waals surface area contributed by atoms with Crippen LogP contribution in [0.5, 0.6) is 0 Å². The first-order chi connectivity index (χ1) is 12.0. The number of anilines is 1. The van der Waals surface area contributed by atoms with Crippen molar-refractivity contribution in [1.82, 2.24) is 0 Å². The van der Waals surface area contributed by atoms with Crippen molar-refractivity contribution in [2.75, 3.05) is 4.72 Å². The fourth-order valence-electron chi connectivity index (χ4n) is 2.83. The molecule has 0 atom stereocenters. The molecule has 0 fully saturated rings. The lowest BCUT2D eigenvalue weighted by Gasteiger charge is -2.10. The predicted octanol–water partition coefficient (Wildman–Crippen LogP) is 5.70. The molecule has 0 saturated carbocycles. The van der Waals surface area contributed by atoms with Crippen molar-refractivity contribution in [2.24, 2.45) is 0 Å². The summed E-state index contributed by atoms with van der Waals surface area (Å²) in [5, 5.41) is 0. The Morgan fingerprint density at radius 2 is 1.56 bits per heavy atom. The first-order valence-electron chi connectivity index (χ1n) is 9.19. The second-order valence-corrected chi connectivity index (χ2v) is 8.32. The van der Waals surface area contributed by atoms with Gasteiger partial charge in [-0.1, -0.05) is 68.9 Å². The highest BCUT2D eigenvalue weighted by Gasteiger charge is 2.13. The molecule has 0 aliphatic carbocycles. The molecular formula is C21H29NO2S. The minimum atomic E-state index is -3.53. The molecule has 0 bridgehead atoms. The summed E-state index contributed by atoms with van der Waals surface area (Å²) in [5.41, 5.74) is 2.85. The first-order valence-corrected chi connectivity index (χ1v) is 10.7. The van der Waals surface area contributed by atoms with E-state index in [-0.39, 0.29) is 0 Å². The molecule has 25 heavy (non-hydrogen) atoms. The number of aryl methyl sites for hydroxylation is 2. The monoisotopic (exact) mass is 359 g/mol. The van der Waals surface area contributed by atoms with Gasteiger partial charge in [0.25, 0.3) is 10.0 Å². The average molecular weight is 360 g/mol. The molecule has 0 saturated heterocycles. The topological polar surface area (TPSA) is 46.2 Å². The summed E-state index contributed by atoms with van der Waals surface area (Å²) in [6.07, 6.45) is 8.56. The van der Waals surface area contributed by atoms with Gasteiger partial charge < -0.3 is 0 Å². The van der Waals surface area contributed by atoms with Crippen LogP contribution in [0.2, 0.25) is 0 Å². The number of unbranched alkanes of at least 4 members (excludes halogenated alkanes) is 5. The van der Waals surface area contributed by atoms with E-state index in [2.05, 4.69) is 17.7 Å². The Bertz CT molecular complexity index is 752. The van der Waals surface area contributed by atoms with Crippen molar-refractivity contribution >= 4 is 15.7 Å². The van der Waals surface area contributed by atoms with Crippen LogP contribution in [-0.2, 0) is 16.4 Å². The third-order valence-electron chi connectivity index (χ3n) is 4.33. The number of hydrogen-bond donors (Lipinski definition) is 1. The Balaban J connectivity index is 1.93. The molecule has 0 amide bonds. The number of benzene rings is 2. The van der Waals surface area contributed by atoms with Crippen LogP contribution in [0.15, 0.2) is 53.4 Å². The molecule has 0 aromatic heterocycles. The molecule has 0 aliphatic rings. The van der Waals surface area contributed by atoms with Crippen molar-refractivity contribution < 1.29 is 8.42 Å². The molecule has 4 heteroatoms. The van der Waals surface area contributed by atoms with Crippen LogP contribution < -0.4 is 4.72 Å². The van der Waals surface area contributed by atoms with Crippen LogP contribution in [-0.4, -0.2) is 8.42 Å². The zero-order chi connectivity index (χ0) is 18.1. The second-order valence-electron chi connectivity index (χ2n) is 6.64. The Hall–Kier alpha value is -1.81. The molecule has 0 radical (unpaired) electrons. The van der Waals surface area contributed by atoms with Gasteiger partial charge in [0.2, 0.25) is 0 Å². The van der Waals surface area contributed by atoms with Gasteiger partial charge in [0.05, 0.1) is 4.90 Å². The number of hydrogen-bond acceptors (Lipinski definition) is 2. The van der Waals surface area contributed by atoms with E-state index < -0.39 is 10.0 Å². The summed E-state index contributed by atoms with van der Waals surface area (Å²) in [4.78, 5) is 0.291. The van der Waals surface area contributed by atoms with Gasteiger partial charge in [-0.05, 0) is 49.6 Å². The number of rotatable bonds is 10. The van der Waals surface area contributed by atoms with Gasteiger partial charge in [0, 0.05) is 5.69 Å². The van der Waals surface area contributed by atoms with E-state index in [1.54, 1.807) is 18.2 Å². The van der Waals surface area contributed by atoms with Crippen LogP contribution in [0.25, 0.3) is 0 Å². The quantitative estimate of drug-likeness (QED) is 0.553. The maximum atomic E-state index is 12.5. The van der Waals surface area contributed by atoms with Crippen LogP contribution in [0.3, 0.4) is 0 Å². The van der Waals surface area contributed by atoms with Gasteiger partial charge in [-0.25, -0.2) is 8.42 Å². The van der Waals surface area contributed by atoms with E-state index >= 15 is 0 Å². The molecule has 2 aromatic carbocycles. The zero-order valence-electron chi connectivity index (χ0n) is 15.3. The lowest BCUT2D eigenvalue weighted by Crippen LogP contribution is -2.13. The van der Waals surface area contributed by atoms with Crippen molar-refractivity contribution in [1.29, 1.82) is 0 Å². The molecule has 136 valence electrons. The molecule has 0 heterocycles. The summed E-state index contributed by atoms with van der Waals surface area (Å²) in [6.45, 7) is 4.17. The number of nitrogens with one attached hydrogen (secondary N) is 1. The highest BCUT2D eigenvalue weighted by atomic mass is 32.2. The van der Waals surface area contributed by atoms with E-state index in [1.807, 2.05) is 31.2 Å². The van der Waals surface area contributed by atoms with Gasteiger partial charge in [0.1, 0.15) is 0 Å². The highest BCUT2D eigenvalue weighted by Crippen LogP contribution is 2.19. The third-order valence-corrected chi connectivity index (χ3v) is 5.73. The fourth-order valence-corrected chi connectivity index (χ4v) is 3.88. The molecule has 0 aliphatic heterocycles. The van der Waals surface area contributed by atoms with Crippen molar-refractivity contribution in [3.05, 3.63) is 59.7 Å². The average Bonchev–Trinajstić information content (AvgIpc) is 2.58. The van der Waals surface area contributed by atoms with Gasteiger partial charge in [0.15, 0.2) is 0 Å². The second kappa shape index (κ2) is 9.62. The van der Waals surface area contributed by atoms with Crippen molar-refractivity contribution in [3.63, 3.8) is 0 Å². The maximum absolute atomic E-state index is 12.5. The summed E-state index contributed by atoms with van der Waals surface area (Å²) in [6, 6.07) is 14.6. The van der Waals surface area contributed by atoms with Crippen LogP contribution in [0.1, 0.15) is 56.6 Å². The molecule has 1 N–H and O–H groups in total. The summed E-state index contributed by atoms with van der Waals surface area (Å²) < 4.78 is 27.6. The molecule has 3 nitrogen and oxygen atoms in total. The van der Waals surface area contributed by atoms with Gasteiger partial charge in [-0.15, -0.1) is 0 Å². The van der Waals surface area contributed by atoms with Crippen molar-refractivity contribution in [3.8, 4) is 0 Å². The molecule has 2 aromatic rings. The fraction of sp³-hybridized carbons (Fsp3) is 0.429. The van der Waals surface area contributed by atoms with E-state index in [1.165, 1.54) is 37.7 Å². The maximum Gasteiger partial charge on any atom is 0.261 e. The lowest BCUT2D eigenvalue weighted by atomic mass is 10.0. The minimum absolute atomic E-state index is 0.291. The predicted molar refractivity (Wildman–Crippen MR) is 106 cm³/mol. The Morgan fingerprint density at radius 3 is 2.28 bits per heavy atom. The molecule has 0 unspecified atom stereocenters. The SMILES string of the molecule is CCCCCCCCc1cccc(NS(=O)(=O)c2ccc(C)cc2)c1. The van der Waals surface area contributed by atoms with Gasteiger partial charge in [-0.2, -0.15) is 0 Å².